The fraction of sp³-hybridized carbons (Fsp3) is 0. The Morgan fingerprint density at radius 2 is 1.03 bits per heavy atom. The van der Waals surface area contributed by atoms with Gasteiger partial charge in [-0.25, -0.2) is 0 Å². The van der Waals surface area contributed by atoms with Gasteiger partial charge in [-0.05, 0) is 18.2 Å². The van der Waals surface area contributed by atoms with E-state index in [1.54, 1.807) is 66.7 Å². The normalized spacial score (nSPS) is 10.3. The van der Waals surface area contributed by atoms with Crippen LogP contribution in [-0.4, -0.2) is 11.6 Å². The molecule has 0 aromatic heterocycles. The predicted molar refractivity (Wildman–Crippen MR) is 113 cm³/mol. The largest absolute Gasteiger partial charge is 0.457 e. The van der Waals surface area contributed by atoms with Gasteiger partial charge in [0.25, 0.3) is 0 Å². The van der Waals surface area contributed by atoms with Gasteiger partial charge in [-0.15, -0.1) is 0 Å². The molecule has 0 saturated carbocycles. The highest BCUT2D eigenvalue weighted by Crippen LogP contribution is 2.31. The van der Waals surface area contributed by atoms with Gasteiger partial charge in [0.1, 0.15) is 11.5 Å². The van der Waals surface area contributed by atoms with Crippen LogP contribution in [0.2, 0.25) is 0 Å². The van der Waals surface area contributed by atoms with Crippen LogP contribution in [0.25, 0.3) is 0 Å². The highest BCUT2D eigenvalue weighted by Gasteiger charge is 2.24. The van der Waals surface area contributed by atoms with Crippen LogP contribution < -0.4 is 4.74 Å². The third-order valence-electron chi connectivity index (χ3n) is 4.54. The molecule has 0 amide bonds. The number of hydrogen-bond donors (Lipinski definition) is 0. The van der Waals surface area contributed by atoms with Gasteiger partial charge in [0.05, 0.1) is 5.56 Å². The van der Waals surface area contributed by atoms with Gasteiger partial charge >= 0.3 is 0 Å². The highest BCUT2D eigenvalue weighted by atomic mass is 16.5. The molecule has 0 heterocycles. The molecule has 0 spiro atoms. The van der Waals surface area contributed by atoms with Crippen molar-refractivity contribution in [2.45, 2.75) is 0 Å². The maximum Gasteiger partial charge on any atom is 0.197 e. The Balaban J connectivity index is 1.85. The second-order valence-corrected chi connectivity index (χ2v) is 6.48. The first kappa shape index (κ1) is 18.4. The maximum absolute atomic E-state index is 13.4. The number of carbonyl (C=O) groups excluding carboxylic acids is 2. The second-order valence-electron chi connectivity index (χ2n) is 6.48. The van der Waals surface area contributed by atoms with Crippen molar-refractivity contribution in [2.75, 3.05) is 0 Å². The Morgan fingerprint density at radius 3 is 1.62 bits per heavy atom. The zero-order chi connectivity index (χ0) is 20.1. The van der Waals surface area contributed by atoms with Gasteiger partial charge in [0.15, 0.2) is 11.6 Å². The monoisotopic (exact) mass is 378 g/mol. The van der Waals surface area contributed by atoms with Crippen LogP contribution in [0.3, 0.4) is 0 Å². The zero-order valence-corrected chi connectivity index (χ0v) is 15.6. The molecule has 140 valence electrons. The Labute approximate surface area is 169 Å². The van der Waals surface area contributed by atoms with Crippen LogP contribution >= 0.6 is 0 Å². The Bertz CT molecular complexity index is 1130. The minimum absolute atomic E-state index is 0.219. The lowest BCUT2D eigenvalue weighted by Gasteiger charge is -2.14. The van der Waals surface area contributed by atoms with Gasteiger partial charge in [0, 0.05) is 16.7 Å². The average Bonchev–Trinajstić information content (AvgIpc) is 2.80. The summed E-state index contributed by atoms with van der Waals surface area (Å²) in [5, 5.41) is 0. The summed E-state index contributed by atoms with van der Waals surface area (Å²) < 4.78 is 6.01. The minimum atomic E-state index is -0.253. The third kappa shape index (κ3) is 3.99. The molecule has 3 nitrogen and oxygen atoms in total. The third-order valence-corrected chi connectivity index (χ3v) is 4.54. The van der Waals surface area contributed by atoms with E-state index in [4.69, 9.17) is 4.74 Å². The molecule has 4 aromatic rings. The van der Waals surface area contributed by atoms with Crippen LogP contribution in [0.4, 0.5) is 0 Å². The van der Waals surface area contributed by atoms with E-state index in [1.165, 1.54) is 0 Å². The molecule has 0 N–H and O–H groups in total. The van der Waals surface area contributed by atoms with Gasteiger partial charge in [-0.2, -0.15) is 0 Å². The fourth-order valence-corrected chi connectivity index (χ4v) is 3.13. The lowest BCUT2D eigenvalue weighted by atomic mass is 9.92. The van der Waals surface area contributed by atoms with E-state index in [0.717, 1.165) is 0 Å². The molecule has 0 atom stereocenters. The van der Waals surface area contributed by atoms with E-state index in [0.29, 0.717) is 28.2 Å². The van der Waals surface area contributed by atoms with E-state index in [1.807, 2.05) is 42.5 Å². The maximum atomic E-state index is 13.4. The minimum Gasteiger partial charge on any atom is -0.457 e. The van der Waals surface area contributed by atoms with Crippen molar-refractivity contribution in [1.29, 1.82) is 0 Å². The first-order chi connectivity index (χ1) is 14.2. The van der Waals surface area contributed by atoms with Crippen molar-refractivity contribution in [3.63, 3.8) is 0 Å². The number of hydrogen-bond acceptors (Lipinski definition) is 3. The second kappa shape index (κ2) is 8.36. The molecule has 0 aliphatic heterocycles. The number of ketones is 2. The van der Waals surface area contributed by atoms with E-state index < -0.39 is 0 Å². The summed E-state index contributed by atoms with van der Waals surface area (Å²) in [6.07, 6.45) is 0. The fourth-order valence-electron chi connectivity index (χ4n) is 3.13. The summed E-state index contributed by atoms with van der Waals surface area (Å²) in [7, 11) is 0. The molecule has 29 heavy (non-hydrogen) atoms. The van der Waals surface area contributed by atoms with Crippen molar-refractivity contribution >= 4 is 11.6 Å². The highest BCUT2D eigenvalue weighted by molar-refractivity contribution is 6.20. The van der Waals surface area contributed by atoms with Crippen LogP contribution in [0.1, 0.15) is 31.8 Å². The first-order valence-corrected chi connectivity index (χ1v) is 9.29. The molecule has 0 bridgehead atoms. The molecule has 0 unspecified atom stereocenters. The number of carbonyl (C=O) groups is 2. The molecule has 0 saturated heterocycles. The quantitative estimate of drug-likeness (QED) is 0.390. The van der Waals surface area contributed by atoms with Crippen LogP contribution in [0.15, 0.2) is 109 Å². The average molecular weight is 378 g/mol. The van der Waals surface area contributed by atoms with E-state index in [2.05, 4.69) is 0 Å². The summed E-state index contributed by atoms with van der Waals surface area (Å²) in [6, 6.07) is 32.2. The Kier molecular flexibility index (Phi) is 5.30. The zero-order valence-electron chi connectivity index (χ0n) is 15.6. The van der Waals surface area contributed by atoms with Gasteiger partial charge in [0.2, 0.25) is 0 Å². The molecule has 0 fully saturated rings. The van der Waals surface area contributed by atoms with Crippen molar-refractivity contribution < 1.29 is 14.3 Å². The Hall–Kier alpha value is -3.98. The molecule has 4 aromatic carbocycles. The molecule has 0 aliphatic rings. The topological polar surface area (TPSA) is 43.4 Å². The molecule has 0 radical (unpaired) electrons. The van der Waals surface area contributed by atoms with Crippen LogP contribution in [-0.2, 0) is 0 Å². The van der Waals surface area contributed by atoms with Crippen molar-refractivity contribution in [3.05, 3.63) is 131 Å². The number of ether oxygens (including phenoxy) is 1. The Morgan fingerprint density at radius 1 is 0.517 bits per heavy atom. The first-order valence-electron chi connectivity index (χ1n) is 9.29. The van der Waals surface area contributed by atoms with Gasteiger partial charge in [-0.3, -0.25) is 9.59 Å². The van der Waals surface area contributed by atoms with Gasteiger partial charge in [-0.1, -0.05) is 91.0 Å². The summed E-state index contributed by atoms with van der Waals surface area (Å²) in [5.74, 6) is 0.477. The number of benzene rings is 4. The SMILES string of the molecule is O=C(c1ccccc1)c1cccc(Oc2ccccc2)c1C(=O)c1ccccc1. The molecule has 3 heteroatoms. The summed E-state index contributed by atoms with van der Waals surface area (Å²) in [5.41, 5.74) is 1.60. The van der Waals surface area contributed by atoms with Crippen molar-refractivity contribution in [2.24, 2.45) is 0 Å². The molecule has 0 aliphatic carbocycles. The summed E-state index contributed by atoms with van der Waals surface area (Å²) >= 11 is 0. The van der Waals surface area contributed by atoms with E-state index in [9.17, 15) is 9.59 Å². The number of para-hydroxylation sites is 1. The lowest BCUT2D eigenvalue weighted by molar-refractivity contribution is 0.100. The molecular formula is C26H18O3. The van der Waals surface area contributed by atoms with Crippen LogP contribution in [0.5, 0.6) is 11.5 Å². The van der Waals surface area contributed by atoms with Crippen molar-refractivity contribution in [1.82, 2.24) is 0 Å². The summed E-state index contributed by atoms with van der Waals surface area (Å²) in [6.45, 7) is 0. The number of rotatable bonds is 6. The van der Waals surface area contributed by atoms with Crippen LogP contribution in [0, 0.1) is 0 Å². The molecular weight excluding hydrogens is 360 g/mol. The summed E-state index contributed by atoms with van der Waals surface area (Å²) in [4.78, 5) is 26.6. The van der Waals surface area contributed by atoms with E-state index in [-0.39, 0.29) is 17.1 Å². The predicted octanol–water partition coefficient (Wildman–Crippen LogP) is 5.94. The lowest BCUT2D eigenvalue weighted by Crippen LogP contribution is -2.12. The van der Waals surface area contributed by atoms with Crippen molar-refractivity contribution in [3.8, 4) is 11.5 Å². The molecule has 4 rings (SSSR count). The van der Waals surface area contributed by atoms with E-state index >= 15 is 0 Å². The van der Waals surface area contributed by atoms with Gasteiger partial charge < -0.3 is 4.74 Å². The smallest absolute Gasteiger partial charge is 0.197 e. The standard InChI is InChI=1S/C26H18O3/c27-25(19-11-4-1-5-12-19)22-17-10-18-23(29-21-15-8-3-9-16-21)24(22)26(28)20-13-6-2-7-14-20/h1-18H.